The summed E-state index contributed by atoms with van der Waals surface area (Å²) >= 11 is 2.22. The fourth-order valence-electron chi connectivity index (χ4n) is 1.59. The molecule has 6 heteroatoms. The highest BCUT2D eigenvalue weighted by Crippen LogP contribution is 2.26. The van der Waals surface area contributed by atoms with Gasteiger partial charge in [0, 0.05) is 20.8 Å². The van der Waals surface area contributed by atoms with Gasteiger partial charge in [-0.2, -0.15) is 0 Å². The van der Waals surface area contributed by atoms with Crippen LogP contribution in [0.25, 0.3) is 0 Å². The molecule has 0 aliphatic rings. The standard InChI is InChI=1S/C12H20IN3O2/c1-6-18-12(2,3)11-15-8(7-17-5)9(13)10(14-4)16-11/h6-7H2,1-5H3,(H,14,15,16). The first kappa shape index (κ1) is 15.6. The summed E-state index contributed by atoms with van der Waals surface area (Å²) in [6.07, 6.45) is 0. The third kappa shape index (κ3) is 3.52. The quantitative estimate of drug-likeness (QED) is 0.786. The molecule has 0 atom stereocenters. The molecular formula is C12H20IN3O2. The molecule has 0 bridgehead atoms. The molecule has 0 aliphatic carbocycles. The minimum absolute atomic E-state index is 0.463. The minimum atomic E-state index is -0.507. The third-order valence-electron chi connectivity index (χ3n) is 2.48. The molecule has 1 aromatic heterocycles. The smallest absolute Gasteiger partial charge is 0.162 e. The highest BCUT2D eigenvalue weighted by atomic mass is 127. The lowest BCUT2D eigenvalue weighted by molar-refractivity contribution is -0.0211. The minimum Gasteiger partial charge on any atom is -0.378 e. The normalized spacial score (nSPS) is 11.7. The van der Waals surface area contributed by atoms with Gasteiger partial charge in [-0.05, 0) is 43.4 Å². The number of hydrogen-bond acceptors (Lipinski definition) is 5. The first-order valence-corrected chi connectivity index (χ1v) is 6.91. The van der Waals surface area contributed by atoms with Crippen molar-refractivity contribution in [1.82, 2.24) is 9.97 Å². The second kappa shape index (κ2) is 6.63. The average Bonchev–Trinajstić information content (AvgIpc) is 2.31. The van der Waals surface area contributed by atoms with E-state index in [0.717, 1.165) is 15.1 Å². The second-order valence-corrected chi connectivity index (χ2v) is 5.36. The predicted octanol–water partition coefficient (Wildman–Crippen LogP) is 2.54. The number of methoxy groups -OCH3 is 1. The summed E-state index contributed by atoms with van der Waals surface area (Å²) in [6, 6.07) is 0. The Morgan fingerprint density at radius 3 is 2.50 bits per heavy atom. The molecule has 0 radical (unpaired) electrons. The maximum atomic E-state index is 5.69. The predicted molar refractivity (Wildman–Crippen MR) is 79.7 cm³/mol. The van der Waals surface area contributed by atoms with Crippen LogP contribution in [0.1, 0.15) is 32.3 Å². The summed E-state index contributed by atoms with van der Waals surface area (Å²) in [5, 5.41) is 3.08. The largest absolute Gasteiger partial charge is 0.378 e. The van der Waals surface area contributed by atoms with Gasteiger partial charge in [0.1, 0.15) is 11.4 Å². The zero-order valence-corrected chi connectivity index (χ0v) is 13.7. The van der Waals surface area contributed by atoms with Crippen LogP contribution in [0.4, 0.5) is 5.82 Å². The molecule has 0 spiro atoms. The van der Waals surface area contributed by atoms with Crippen LogP contribution >= 0.6 is 22.6 Å². The summed E-state index contributed by atoms with van der Waals surface area (Å²) in [5.41, 5.74) is 0.368. The third-order valence-corrected chi connectivity index (χ3v) is 3.61. The number of nitrogens with zero attached hydrogens (tertiary/aromatic N) is 2. The van der Waals surface area contributed by atoms with Gasteiger partial charge in [0.15, 0.2) is 5.82 Å². The Kier molecular flexibility index (Phi) is 5.74. The van der Waals surface area contributed by atoms with Crippen molar-refractivity contribution < 1.29 is 9.47 Å². The molecule has 1 heterocycles. The maximum absolute atomic E-state index is 5.69. The molecule has 0 saturated heterocycles. The van der Waals surface area contributed by atoms with Crippen molar-refractivity contribution in [3.63, 3.8) is 0 Å². The van der Waals surface area contributed by atoms with E-state index >= 15 is 0 Å². The molecule has 0 unspecified atom stereocenters. The molecular weight excluding hydrogens is 345 g/mol. The van der Waals surface area contributed by atoms with Crippen LogP contribution in [-0.2, 0) is 21.7 Å². The van der Waals surface area contributed by atoms with Crippen molar-refractivity contribution in [2.24, 2.45) is 0 Å². The van der Waals surface area contributed by atoms with E-state index in [2.05, 4.69) is 37.9 Å². The molecule has 0 saturated carbocycles. The lowest BCUT2D eigenvalue weighted by Crippen LogP contribution is -2.26. The molecule has 5 nitrogen and oxygen atoms in total. The highest BCUT2D eigenvalue weighted by Gasteiger charge is 2.26. The molecule has 1 aromatic rings. The van der Waals surface area contributed by atoms with Crippen LogP contribution in [0.3, 0.4) is 0 Å². The van der Waals surface area contributed by atoms with Crippen molar-refractivity contribution in [3.05, 3.63) is 15.1 Å². The summed E-state index contributed by atoms with van der Waals surface area (Å²) < 4.78 is 11.8. The molecule has 0 aliphatic heterocycles. The second-order valence-electron chi connectivity index (χ2n) is 4.28. The van der Waals surface area contributed by atoms with Gasteiger partial charge in [0.2, 0.25) is 0 Å². The SMILES string of the molecule is CCOC(C)(C)c1nc(COC)c(I)c(NC)n1. The van der Waals surface area contributed by atoms with Crippen LogP contribution in [0.5, 0.6) is 0 Å². The van der Waals surface area contributed by atoms with Crippen LogP contribution in [0.15, 0.2) is 0 Å². The number of nitrogens with one attached hydrogen (secondary N) is 1. The first-order chi connectivity index (χ1) is 8.46. The molecule has 0 fully saturated rings. The molecule has 1 N–H and O–H groups in total. The Bertz CT molecular complexity index is 411. The van der Waals surface area contributed by atoms with E-state index in [1.165, 1.54) is 0 Å². The Morgan fingerprint density at radius 2 is 2.00 bits per heavy atom. The highest BCUT2D eigenvalue weighted by molar-refractivity contribution is 14.1. The van der Waals surface area contributed by atoms with Gasteiger partial charge in [-0.15, -0.1) is 0 Å². The Hall–Kier alpha value is -0.470. The molecule has 0 amide bonds. The first-order valence-electron chi connectivity index (χ1n) is 5.83. The lowest BCUT2D eigenvalue weighted by Gasteiger charge is -2.24. The lowest BCUT2D eigenvalue weighted by atomic mass is 10.1. The van der Waals surface area contributed by atoms with E-state index in [1.807, 2.05) is 27.8 Å². The van der Waals surface area contributed by atoms with Crippen LogP contribution in [0.2, 0.25) is 0 Å². The van der Waals surface area contributed by atoms with E-state index in [0.29, 0.717) is 19.0 Å². The maximum Gasteiger partial charge on any atom is 0.162 e. The molecule has 18 heavy (non-hydrogen) atoms. The van der Waals surface area contributed by atoms with Crippen molar-refractivity contribution in [2.45, 2.75) is 33.0 Å². The van der Waals surface area contributed by atoms with Crippen molar-refractivity contribution in [3.8, 4) is 0 Å². The molecule has 102 valence electrons. The van der Waals surface area contributed by atoms with Gasteiger partial charge in [-0.25, -0.2) is 9.97 Å². The van der Waals surface area contributed by atoms with E-state index in [9.17, 15) is 0 Å². The Labute approximate surface area is 122 Å². The van der Waals surface area contributed by atoms with Crippen molar-refractivity contribution in [1.29, 1.82) is 0 Å². The Morgan fingerprint density at radius 1 is 1.33 bits per heavy atom. The van der Waals surface area contributed by atoms with Gasteiger partial charge in [0.25, 0.3) is 0 Å². The van der Waals surface area contributed by atoms with Gasteiger partial charge in [0.05, 0.1) is 15.9 Å². The summed E-state index contributed by atoms with van der Waals surface area (Å²) in [4.78, 5) is 9.07. The van der Waals surface area contributed by atoms with Crippen LogP contribution in [0, 0.1) is 3.57 Å². The topological polar surface area (TPSA) is 56.3 Å². The zero-order valence-electron chi connectivity index (χ0n) is 11.5. The number of aromatic nitrogens is 2. The van der Waals surface area contributed by atoms with Crippen molar-refractivity contribution >= 4 is 28.4 Å². The zero-order chi connectivity index (χ0) is 13.8. The average molecular weight is 365 g/mol. The fraction of sp³-hybridized carbons (Fsp3) is 0.667. The number of ether oxygens (including phenoxy) is 2. The van der Waals surface area contributed by atoms with E-state index < -0.39 is 5.60 Å². The number of hydrogen-bond donors (Lipinski definition) is 1. The van der Waals surface area contributed by atoms with Crippen LogP contribution < -0.4 is 5.32 Å². The molecule has 0 aromatic carbocycles. The fourth-order valence-corrected chi connectivity index (χ4v) is 2.25. The van der Waals surface area contributed by atoms with Gasteiger partial charge in [-0.1, -0.05) is 0 Å². The van der Waals surface area contributed by atoms with E-state index in [-0.39, 0.29) is 0 Å². The number of halogens is 1. The summed E-state index contributed by atoms with van der Waals surface area (Å²) in [7, 11) is 3.50. The molecule has 1 rings (SSSR count). The van der Waals surface area contributed by atoms with Gasteiger partial charge < -0.3 is 14.8 Å². The van der Waals surface area contributed by atoms with E-state index in [1.54, 1.807) is 7.11 Å². The van der Waals surface area contributed by atoms with Crippen molar-refractivity contribution in [2.75, 3.05) is 26.1 Å². The van der Waals surface area contributed by atoms with Gasteiger partial charge >= 0.3 is 0 Å². The number of anilines is 1. The van der Waals surface area contributed by atoms with Gasteiger partial charge in [-0.3, -0.25) is 0 Å². The Balaban J connectivity index is 3.24. The van der Waals surface area contributed by atoms with E-state index in [4.69, 9.17) is 9.47 Å². The van der Waals surface area contributed by atoms with Crippen LogP contribution in [-0.4, -0.2) is 30.7 Å². The summed E-state index contributed by atoms with van der Waals surface area (Å²) in [6.45, 7) is 6.98. The monoisotopic (exact) mass is 365 g/mol. The number of rotatable bonds is 6. The summed E-state index contributed by atoms with van der Waals surface area (Å²) in [5.74, 6) is 1.47.